The fraction of sp³-hybridized carbons (Fsp3) is 0.238. The first kappa shape index (κ1) is 16.5. The quantitative estimate of drug-likeness (QED) is 0.697. The van der Waals surface area contributed by atoms with Crippen molar-refractivity contribution in [1.82, 2.24) is 0 Å². The number of ether oxygens (including phenoxy) is 1. The van der Waals surface area contributed by atoms with Crippen LogP contribution in [-0.2, 0) is 12.0 Å². The summed E-state index contributed by atoms with van der Waals surface area (Å²) in [5, 5.41) is 21.9. The van der Waals surface area contributed by atoms with Gasteiger partial charge in [-0.05, 0) is 31.5 Å². The maximum Gasteiger partial charge on any atom is 0.318 e. The van der Waals surface area contributed by atoms with Gasteiger partial charge in [0.05, 0.1) is 10.2 Å². The van der Waals surface area contributed by atoms with Crippen LogP contribution in [0.4, 0.5) is 5.69 Å². The zero-order valence-electron chi connectivity index (χ0n) is 14.6. The van der Waals surface area contributed by atoms with Gasteiger partial charge in [0, 0.05) is 15.9 Å². The van der Waals surface area contributed by atoms with E-state index in [1.807, 2.05) is 30.3 Å². The fourth-order valence-corrected chi connectivity index (χ4v) is 3.54. The van der Waals surface area contributed by atoms with Crippen molar-refractivity contribution in [1.29, 1.82) is 0 Å². The fourth-order valence-electron chi connectivity index (χ4n) is 3.54. The minimum atomic E-state index is -1.22. The lowest BCUT2D eigenvalue weighted by Gasteiger charge is -2.16. The number of hydrogen-bond donors (Lipinski definition) is 2. The average molecular weight is 350 g/mol. The van der Waals surface area contributed by atoms with Crippen LogP contribution in [0.3, 0.4) is 0 Å². The highest BCUT2D eigenvalue weighted by Gasteiger charge is 2.54. The predicted octanol–water partition coefficient (Wildman–Crippen LogP) is 4.14. The predicted molar refractivity (Wildman–Crippen MR) is 98.7 cm³/mol. The number of aliphatic hydroxyl groups excluding tert-OH is 1. The molecule has 5 heteroatoms. The van der Waals surface area contributed by atoms with Crippen molar-refractivity contribution in [2.75, 3.05) is 0 Å². The van der Waals surface area contributed by atoms with Crippen LogP contribution in [-0.4, -0.2) is 21.2 Å². The van der Waals surface area contributed by atoms with Crippen molar-refractivity contribution in [3.8, 4) is 11.5 Å². The number of aromatic hydroxyl groups is 1. The molecular weight excluding hydrogens is 330 g/mol. The first-order valence-electron chi connectivity index (χ1n) is 8.51. The molecule has 0 radical (unpaired) electrons. The van der Waals surface area contributed by atoms with Gasteiger partial charge in [0.2, 0.25) is 0 Å². The summed E-state index contributed by atoms with van der Waals surface area (Å²) in [7, 11) is 0. The minimum absolute atomic E-state index is 0.0690. The molecule has 0 saturated heterocycles. The molecule has 4 rings (SSSR count). The summed E-state index contributed by atoms with van der Waals surface area (Å²) < 4.78 is 6.60. The summed E-state index contributed by atoms with van der Waals surface area (Å²) in [6, 6.07) is 16.6. The number of hydrogen-bond acceptors (Lipinski definition) is 4. The molecule has 0 amide bonds. The molecule has 3 aromatic rings. The molecule has 0 fully saturated rings. The second kappa shape index (κ2) is 5.81. The molecule has 1 heterocycles. The number of phenolic OH excluding ortho intramolecular Hbond substituents is 1. The molecule has 0 aliphatic carbocycles. The number of nitroso groups, excluding NO2 is 1. The Hall–Kier alpha value is -2.92. The third kappa shape index (κ3) is 2.35. The van der Waals surface area contributed by atoms with Gasteiger partial charge < -0.3 is 14.9 Å². The lowest BCUT2D eigenvalue weighted by atomic mass is 9.84. The van der Waals surface area contributed by atoms with E-state index in [-0.39, 0.29) is 5.75 Å². The van der Waals surface area contributed by atoms with Gasteiger partial charge in [-0.3, -0.25) is 0 Å². The maximum atomic E-state index is 12.7. The molecule has 2 N–H and O–H groups in total. The molecule has 0 bridgehead atoms. The van der Waals surface area contributed by atoms with E-state index in [9.17, 15) is 15.1 Å². The van der Waals surface area contributed by atoms with E-state index in [2.05, 4.69) is 0 Å². The van der Waals surface area contributed by atoms with E-state index >= 15 is 0 Å². The summed E-state index contributed by atoms with van der Waals surface area (Å²) in [6.45, 7) is 3.91. The molecule has 0 aromatic heterocycles. The maximum absolute atomic E-state index is 12.7. The van der Waals surface area contributed by atoms with Crippen LogP contribution in [0, 0.1) is 4.91 Å². The Morgan fingerprint density at radius 1 is 1.12 bits per heavy atom. The van der Waals surface area contributed by atoms with E-state index in [0.717, 1.165) is 5.56 Å². The van der Waals surface area contributed by atoms with Crippen LogP contribution in [0.15, 0.2) is 54.6 Å². The van der Waals surface area contributed by atoms with Gasteiger partial charge in [0.25, 0.3) is 5.69 Å². The van der Waals surface area contributed by atoms with E-state index in [4.69, 9.17) is 4.74 Å². The minimum Gasteiger partial charge on any atom is -0.507 e. The third-order valence-corrected chi connectivity index (χ3v) is 5.09. The molecule has 132 valence electrons. The van der Waals surface area contributed by atoms with Gasteiger partial charge in [-0.1, -0.05) is 42.5 Å². The van der Waals surface area contributed by atoms with Crippen molar-refractivity contribution < 1.29 is 19.7 Å². The summed E-state index contributed by atoms with van der Waals surface area (Å²) >= 11 is 0. The Balaban J connectivity index is 1.89. The lowest BCUT2D eigenvalue weighted by Crippen LogP contribution is -2.32. The van der Waals surface area contributed by atoms with Gasteiger partial charge in [-0.2, -0.15) is 0 Å². The molecule has 1 aliphatic rings. The van der Waals surface area contributed by atoms with Crippen LogP contribution < -0.4 is 4.74 Å². The number of nitrogens with zero attached hydrogens (tertiary/aromatic N) is 1. The Morgan fingerprint density at radius 3 is 2.58 bits per heavy atom. The molecule has 3 aromatic carbocycles. The van der Waals surface area contributed by atoms with Crippen molar-refractivity contribution in [2.24, 2.45) is 0 Å². The van der Waals surface area contributed by atoms with Crippen molar-refractivity contribution in [2.45, 2.75) is 32.1 Å². The number of benzene rings is 3. The van der Waals surface area contributed by atoms with Crippen molar-refractivity contribution >= 4 is 16.5 Å². The molecule has 5 nitrogen and oxygen atoms in total. The second-order valence-electron chi connectivity index (χ2n) is 7.17. The first-order valence-corrected chi connectivity index (χ1v) is 8.51. The Kier molecular flexibility index (Phi) is 3.70. The monoisotopic (exact) mass is 350 g/mol. The number of aliphatic hydroxyl groups is 1. The van der Waals surface area contributed by atoms with Gasteiger partial charge in [-0.25, -0.2) is 0 Å². The Labute approximate surface area is 151 Å². The molecule has 0 spiro atoms. The normalized spacial score (nSPS) is 18.1. The first-order chi connectivity index (χ1) is 12.4. The second-order valence-corrected chi connectivity index (χ2v) is 7.17. The van der Waals surface area contributed by atoms with Gasteiger partial charge >= 0.3 is 6.23 Å². The summed E-state index contributed by atoms with van der Waals surface area (Å²) in [6.07, 6.45) is -1.22. The smallest absolute Gasteiger partial charge is 0.318 e. The van der Waals surface area contributed by atoms with E-state index in [1.54, 1.807) is 38.1 Å². The SMILES string of the molecule is CC1(C)c2cc(O)c3cccc(OCc4ccccc4)c3c2[N+](=O)C1O. The summed E-state index contributed by atoms with van der Waals surface area (Å²) in [5.41, 5.74) is 1.18. The largest absolute Gasteiger partial charge is 0.507 e. The lowest BCUT2D eigenvalue weighted by molar-refractivity contribution is -0.554. The Morgan fingerprint density at radius 2 is 1.85 bits per heavy atom. The van der Waals surface area contributed by atoms with Crippen LogP contribution in [0.2, 0.25) is 0 Å². The van der Waals surface area contributed by atoms with E-state index < -0.39 is 11.6 Å². The zero-order valence-corrected chi connectivity index (χ0v) is 14.6. The van der Waals surface area contributed by atoms with Crippen LogP contribution in [0.25, 0.3) is 10.8 Å². The van der Waals surface area contributed by atoms with E-state index in [0.29, 0.717) is 39.1 Å². The van der Waals surface area contributed by atoms with Crippen LogP contribution in [0.1, 0.15) is 25.0 Å². The van der Waals surface area contributed by atoms with Crippen LogP contribution in [0.5, 0.6) is 11.5 Å². The molecule has 1 unspecified atom stereocenters. The van der Waals surface area contributed by atoms with Crippen LogP contribution >= 0.6 is 0 Å². The summed E-state index contributed by atoms with van der Waals surface area (Å²) in [4.78, 5) is 12.7. The average Bonchev–Trinajstić information content (AvgIpc) is 2.81. The van der Waals surface area contributed by atoms with Gasteiger partial charge in [0.15, 0.2) is 0 Å². The highest BCUT2D eigenvalue weighted by atomic mass is 16.5. The highest BCUT2D eigenvalue weighted by molar-refractivity contribution is 6.01. The third-order valence-electron chi connectivity index (χ3n) is 5.09. The van der Waals surface area contributed by atoms with E-state index in [1.165, 1.54) is 0 Å². The summed E-state index contributed by atoms with van der Waals surface area (Å²) in [5.74, 6) is 0.573. The Bertz CT molecular complexity index is 1010. The number of fused-ring (bicyclic) bond motifs is 3. The number of phenols is 1. The molecule has 1 atom stereocenters. The zero-order chi connectivity index (χ0) is 18.5. The van der Waals surface area contributed by atoms with Crippen molar-refractivity contribution in [3.63, 3.8) is 0 Å². The molecule has 26 heavy (non-hydrogen) atoms. The molecular formula is C21H20NO4+. The standard InChI is InChI=1S/C21H19NO4/c1-21(2)15-11-16(23)14-9-6-10-17(18(14)19(15)22(25)20(21)24)26-12-13-7-4-3-5-8-13/h3-11,20,24H,12H2,1-2H3/p+1. The number of rotatable bonds is 3. The van der Waals surface area contributed by atoms with Crippen molar-refractivity contribution in [3.05, 3.63) is 70.6 Å². The molecule has 0 saturated carbocycles. The molecule has 1 aliphatic heterocycles. The van der Waals surface area contributed by atoms with Gasteiger partial charge in [0.1, 0.15) is 23.5 Å². The van der Waals surface area contributed by atoms with Gasteiger partial charge in [-0.15, -0.1) is 0 Å². The topological polar surface area (TPSA) is 69.8 Å². The highest BCUT2D eigenvalue weighted by Crippen LogP contribution is 2.51.